The minimum Gasteiger partial charge on any atom is -0.479 e. The molecule has 8 heteroatoms. The van der Waals surface area contributed by atoms with E-state index in [9.17, 15) is 4.79 Å². The van der Waals surface area contributed by atoms with Crippen molar-refractivity contribution in [2.75, 3.05) is 0 Å². The molecule has 0 aromatic rings. The molecule has 3 N–H and O–H groups in total. The van der Waals surface area contributed by atoms with Gasteiger partial charge in [-0.25, -0.2) is 4.79 Å². The number of hydrogen-bond acceptors (Lipinski definition) is 7. The molecule has 0 aliphatic carbocycles. The molecule has 0 aromatic carbocycles. The third kappa shape index (κ3) is 1.65. The smallest absolute Gasteiger partial charge is 0.334 e. The summed E-state index contributed by atoms with van der Waals surface area (Å²) in [6.07, 6.45) is 0. The molecule has 0 atom stereocenters. The molecule has 0 saturated heterocycles. The van der Waals surface area contributed by atoms with Gasteiger partial charge in [0.1, 0.15) is 0 Å². The minimum atomic E-state index is -1.83. The van der Waals surface area contributed by atoms with Gasteiger partial charge in [0, 0.05) is 0 Å². The van der Waals surface area contributed by atoms with E-state index in [1.807, 2.05) is 0 Å². The topological polar surface area (TPSA) is 72.6 Å². The zero-order valence-corrected chi connectivity index (χ0v) is 10.2. The van der Waals surface area contributed by atoms with Crippen molar-refractivity contribution in [3.63, 3.8) is 0 Å². The number of carbonyl (C=O) groups is 1. The Kier molecular flexibility index (Phi) is 3.42. The van der Waals surface area contributed by atoms with E-state index >= 15 is 0 Å². The number of aliphatic carboxylic acids is 1. The van der Waals surface area contributed by atoms with Gasteiger partial charge in [-0.15, -0.1) is 50.5 Å². The molecule has 0 bridgehead atoms. The lowest BCUT2D eigenvalue weighted by molar-refractivity contribution is -0.140. The molecular formula is C6H7NO3S4. The van der Waals surface area contributed by atoms with E-state index in [2.05, 4.69) is 50.5 Å². The van der Waals surface area contributed by atoms with E-state index < -0.39 is 11.5 Å². The summed E-state index contributed by atoms with van der Waals surface area (Å²) in [7, 11) is 0. The maximum absolute atomic E-state index is 11.0. The normalized spacial score (nSPS) is 20.9. The summed E-state index contributed by atoms with van der Waals surface area (Å²) < 4.78 is 4.95. The number of ether oxygens (including phenoxy) is 1. The van der Waals surface area contributed by atoms with Crippen molar-refractivity contribution in [2.45, 2.75) is 5.54 Å². The molecular weight excluding hydrogens is 262 g/mol. The van der Waals surface area contributed by atoms with Crippen LogP contribution in [0.25, 0.3) is 0 Å². The van der Waals surface area contributed by atoms with Crippen LogP contribution in [0.15, 0.2) is 20.0 Å². The van der Waals surface area contributed by atoms with Crippen LogP contribution in [0.2, 0.25) is 0 Å². The third-order valence-corrected chi connectivity index (χ3v) is 3.78. The zero-order chi connectivity index (χ0) is 11.1. The van der Waals surface area contributed by atoms with E-state index in [-0.39, 0.29) is 20.0 Å². The molecule has 0 aromatic heterocycles. The Balaban J connectivity index is 3.37. The first-order valence-electron chi connectivity index (χ1n) is 3.27. The summed E-state index contributed by atoms with van der Waals surface area (Å²) in [4.78, 5) is 10.9. The Labute approximate surface area is 102 Å². The number of rotatable bonds is 1. The van der Waals surface area contributed by atoms with Crippen LogP contribution in [0.4, 0.5) is 0 Å². The van der Waals surface area contributed by atoms with Crippen LogP contribution in [0, 0.1) is 0 Å². The number of carboxylic acid groups (broad SMARTS) is 1. The molecule has 14 heavy (non-hydrogen) atoms. The largest absolute Gasteiger partial charge is 0.479 e. The lowest BCUT2D eigenvalue weighted by atomic mass is 10.00. The molecule has 78 valence electrons. The van der Waals surface area contributed by atoms with E-state index in [4.69, 9.17) is 15.6 Å². The zero-order valence-electron chi connectivity index (χ0n) is 6.63. The highest BCUT2D eigenvalue weighted by molar-refractivity contribution is 7.90. The van der Waals surface area contributed by atoms with Crippen molar-refractivity contribution < 1.29 is 14.6 Å². The van der Waals surface area contributed by atoms with Gasteiger partial charge in [0.2, 0.25) is 0 Å². The fourth-order valence-electron chi connectivity index (χ4n) is 0.840. The highest BCUT2D eigenvalue weighted by Gasteiger charge is 2.45. The van der Waals surface area contributed by atoms with E-state index in [1.54, 1.807) is 0 Å². The number of thiol groups is 4. The Morgan fingerprint density at radius 1 is 1.21 bits per heavy atom. The number of hydrogen-bond donors (Lipinski definition) is 6. The van der Waals surface area contributed by atoms with Gasteiger partial charge in [-0.3, -0.25) is 0 Å². The first-order valence-corrected chi connectivity index (χ1v) is 5.06. The molecule has 1 rings (SSSR count). The summed E-state index contributed by atoms with van der Waals surface area (Å²) in [5.41, 5.74) is 3.79. The first-order chi connectivity index (χ1) is 6.31. The van der Waals surface area contributed by atoms with Gasteiger partial charge in [0.05, 0.1) is 9.81 Å². The number of carboxylic acids is 1. The van der Waals surface area contributed by atoms with E-state index in [0.29, 0.717) is 0 Å². The van der Waals surface area contributed by atoms with Crippen LogP contribution in [-0.4, -0.2) is 16.6 Å². The van der Waals surface area contributed by atoms with Crippen molar-refractivity contribution in [2.24, 2.45) is 5.73 Å². The average molecular weight is 269 g/mol. The standard InChI is InChI=1S/C6H7NO3S4/c7-6(5(8)9)1(11)3(13)10-4(14)2(6)12/h11-14H,7H2,(H,8,9). The predicted molar refractivity (Wildman–Crippen MR) is 65.6 cm³/mol. The van der Waals surface area contributed by atoms with E-state index in [0.717, 1.165) is 0 Å². The van der Waals surface area contributed by atoms with E-state index in [1.165, 1.54) is 0 Å². The maximum atomic E-state index is 11.0. The number of nitrogens with two attached hydrogens (primary N) is 1. The average Bonchev–Trinajstić information content (AvgIpc) is 2.11. The van der Waals surface area contributed by atoms with Crippen LogP contribution < -0.4 is 5.73 Å². The molecule has 0 saturated carbocycles. The highest BCUT2D eigenvalue weighted by Crippen LogP contribution is 2.41. The minimum absolute atomic E-state index is 0.000957. The summed E-state index contributed by atoms with van der Waals surface area (Å²) in [6, 6.07) is 0. The monoisotopic (exact) mass is 269 g/mol. The highest BCUT2D eigenvalue weighted by atomic mass is 32.1. The summed E-state index contributed by atoms with van der Waals surface area (Å²) >= 11 is 15.6. The molecule has 0 unspecified atom stereocenters. The summed E-state index contributed by atoms with van der Waals surface area (Å²) in [5.74, 6) is -1.30. The summed E-state index contributed by atoms with van der Waals surface area (Å²) in [5, 5.41) is 8.96. The van der Waals surface area contributed by atoms with Crippen LogP contribution >= 0.6 is 50.5 Å². The van der Waals surface area contributed by atoms with Gasteiger partial charge in [-0.2, -0.15) is 0 Å². The fourth-order valence-corrected chi connectivity index (χ4v) is 2.04. The van der Waals surface area contributed by atoms with Crippen molar-refractivity contribution in [3.8, 4) is 0 Å². The molecule has 1 aliphatic heterocycles. The molecule has 0 radical (unpaired) electrons. The fraction of sp³-hybridized carbons (Fsp3) is 0.167. The van der Waals surface area contributed by atoms with Gasteiger partial charge >= 0.3 is 5.97 Å². The third-order valence-electron chi connectivity index (χ3n) is 1.68. The van der Waals surface area contributed by atoms with Crippen LogP contribution in [0.5, 0.6) is 0 Å². The van der Waals surface area contributed by atoms with Crippen LogP contribution in [0.1, 0.15) is 0 Å². The van der Waals surface area contributed by atoms with Crippen molar-refractivity contribution >= 4 is 56.5 Å². The predicted octanol–water partition coefficient (Wildman–Crippen LogP) is 0.856. The van der Waals surface area contributed by atoms with Gasteiger partial charge in [0.25, 0.3) is 0 Å². The second-order valence-electron chi connectivity index (χ2n) is 2.52. The maximum Gasteiger partial charge on any atom is 0.334 e. The summed E-state index contributed by atoms with van der Waals surface area (Å²) in [6.45, 7) is 0. The quantitative estimate of drug-likeness (QED) is 0.399. The van der Waals surface area contributed by atoms with Gasteiger partial charge < -0.3 is 15.6 Å². The lowest BCUT2D eigenvalue weighted by Gasteiger charge is -2.30. The lowest BCUT2D eigenvalue weighted by Crippen LogP contribution is -2.51. The van der Waals surface area contributed by atoms with Crippen LogP contribution in [0.3, 0.4) is 0 Å². The van der Waals surface area contributed by atoms with Crippen molar-refractivity contribution in [1.82, 2.24) is 0 Å². The Morgan fingerprint density at radius 3 is 1.86 bits per heavy atom. The molecule has 0 spiro atoms. The SMILES string of the molecule is NC1(C(=O)O)C(S)=C(S)OC(S)=C1S. The second-order valence-corrected chi connectivity index (χ2v) is 4.23. The van der Waals surface area contributed by atoms with Crippen molar-refractivity contribution in [3.05, 3.63) is 20.0 Å². The molecule has 1 heterocycles. The Bertz CT molecular complexity index is 338. The molecule has 0 amide bonds. The Morgan fingerprint density at radius 2 is 1.57 bits per heavy atom. The second kappa shape index (κ2) is 3.93. The molecule has 1 aliphatic rings. The van der Waals surface area contributed by atoms with Crippen LogP contribution in [-0.2, 0) is 9.53 Å². The van der Waals surface area contributed by atoms with Gasteiger partial charge in [0.15, 0.2) is 15.7 Å². The molecule has 4 nitrogen and oxygen atoms in total. The first kappa shape index (κ1) is 12.2. The molecule has 0 fully saturated rings. The Hall–Kier alpha value is 0.110. The van der Waals surface area contributed by atoms with Gasteiger partial charge in [-0.1, -0.05) is 0 Å². The van der Waals surface area contributed by atoms with Gasteiger partial charge in [-0.05, 0) is 0 Å². The van der Waals surface area contributed by atoms with Crippen molar-refractivity contribution in [1.29, 1.82) is 0 Å².